The maximum absolute atomic E-state index is 12.5. The van der Waals surface area contributed by atoms with Crippen molar-refractivity contribution in [1.29, 1.82) is 0 Å². The maximum Gasteiger partial charge on any atom is 0.252 e. The monoisotopic (exact) mass is 403 g/mol. The summed E-state index contributed by atoms with van der Waals surface area (Å²) in [6, 6.07) is 8.82. The van der Waals surface area contributed by atoms with E-state index in [9.17, 15) is 8.42 Å². The summed E-state index contributed by atoms with van der Waals surface area (Å²) >= 11 is 4.49. The summed E-state index contributed by atoms with van der Waals surface area (Å²) in [5.41, 5.74) is 0.853. The van der Waals surface area contributed by atoms with Crippen LogP contribution >= 0.6 is 27.3 Å². The Morgan fingerprint density at radius 1 is 1.18 bits per heavy atom. The van der Waals surface area contributed by atoms with Crippen LogP contribution in [0, 0.1) is 0 Å². The van der Waals surface area contributed by atoms with E-state index in [-0.39, 0.29) is 6.54 Å². The van der Waals surface area contributed by atoms with Crippen molar-refractivity contribution in [1.82, 2.24) is 4.31 Å². The molecule has 2 heterocycles. The van der Waals surface area contributed by atoms with Crippen LogP contribution in [0.15, 0.2) is 38.3 Å². The molecule has 8 heteroatoms. The molecule has 0 saturated heterocycles. The zero-order valence-corrected chi connectivity index (χ0v) is 15.0. The molecule has 118 valence electrons. The number of ether oxygens (including phenoxy) is 2. The number of nitrogens with zero attached hydrogens (tertiary/aromatic N) is 1. The van der Waals surface area contributed by atoms with Gasteiger partial charge in [-0.05, 0) is 45.8 Å². The minimum absolute atomic E-state index is 0.272. The van der Waals surface area contributed by atoms with Gasteiger partial charge in [0.1, 0.15) is 17.4 Å². The molecular weight excluding hydrogens is 390 g/mol. The van der Waals surface area contributed by atoms with Crippen molar-refractivity contribution < 1.29 is 17.9 Å². The second-order valence-corrected chi connectivity index (χ2v) is 9.53. The average molecular weight is 404 g/mol. The largest absolute Gasteiger partial charge is 0.486 e. The second-order valence-electron chi connectivity index (χ2n) is 4.80. The molecular formula is C14H14BrNO4S2. The first kappa shape index (κ1) is 15.8. The Balaban J connectivity index is 1.80. The lowest BCUT2D eigenvalue weighted by Crippen LogP contribution is -2.26. The molecule has 0 aliphatic carbocycles. The van der Waals surface area contributed by atoms with Gasteiger partial charge in [-0.2, -0.15) is 4.31 Å². The Morgan fingerprint density at radius 2 is 1.91 bits per heavy atom. The van der Waals surface area contributed by atoms with Gasteiger partial charge in [0.2, 0.25) is 0 Å². The van der Waals surface area contributed by atoms with Crippen LogP contribution in [-0.4, -0.2) is 33.0 Å². The van der Waals surface area contributed by atoms with E-state index in [0.717, 1.165) is 9.35 Å². The highest BCUT2D eigenvalue weighted by molar-refractivity contribution is 9.11. The van der Waals surface area contributed by atoms with Crippen molar-refractivity contribution in [3.05, 3.63) is 39.7 Å². The number of rotatable bonds is 4. The molecule has 1 aliphatic rings. The van der Waals surface area contributed by atoms with Gasteiger partial charge in [0, 0.05) is 13.6 Å². The van der Waals surface area contributed by atoms with Gasteiger partial charge in [0.15, 0.2) is 11.5 Å². The predicted octanol–water partition coefficient (Wildman–Crippen LogP) is 3.10. The summed E-state index contributed by atoms with van der Waals surface area (Å²) in [4.78, 5) is 0. The zero-order valence-electron chi connectivity index (χ0n) is 11.8. The molecule has 22 heavy (non-hydrogen) atoms. The molecule has 0 radical (unpaired) electrons. The van der Waals surface area contributed by atoms with Crippen LogP contribution in [0.1, 0.15) is 5.56 Å². The Labute approximate surface area is 141 Å². The zero-order chi connectivity index (χ0) is 15.7. The summed E-state index contributed by atoms with van der Waals surface area (Å²) in [5.74, 6) is 1.36. The van der Waals surface area contributed by atoms with Gasteiger partial charge in [0.25, 0.3) is 10.0 Å². The van der Waals surface area contributed by atoms with Crippen LogP contribution in [0.4, 0.5) is 0 Å². The van der Waals surface area contributed by atoms with Crippen molar-refractivity contribution >= 4 is 37.3 Å². The van der Waals surface area contributed by atoms with E-state index in [1.165, 1.54) is 15.6 Å². The highest BCUT2D eigenvalue weighted by Gasteiger charge is 2.23. The summed E-state index contributed by atoms with van der Waals surface area (Å²) in [5, 5.41) is 0. The Morgan fingerprint density at radius 3 is 2.59 bits per heavy atom. The Kier molecular flexibility index (Phi) is 4.44. The average Bonchev–Trinajstić information content (AvgIpc) is 2.94. The number of hydrogen-bond acceptors (Lipinski definition) is 5. The fourth-order valence-corrected chi connectivity index (χ4v) is 5.50. The van der Waals surface area contributed by atoms with Crippen molar-refractivity contribution in [3.63, 3.8) is 0 Å². The number of sulfonamides is 1. The SMILES string of the molecule is CN(Cc1ccc2c(c1)OCCO2)S(=O)(=O)c1ccc(Br)s1. The molecule has 0 saturated carbocycles. The number of hydrogen-bond donors (Lipinski definition) is 0. The number of fused-ring (bicyclic) bond motifs is 1. The van der Waals surface area contributed by atoms with Gasteiger partial charge < -0.3 is 9.47 Å². The topological polar surface area (TPSA) is 55.8 Å². The molecule has 5 nitrogen and oxygen atoms in total. The number of halogens is 1. The lowest BCUT2D eigenvalue weighted by Gasteiger charge is -2.20. The molecule has 1 aromatic carbocycles. The van der Waals surface area contributed by atoms with Gasteiger partial charge in [-0.25, -0.2) is 8.42 Å². The summed E-state index contributed by atoms with van der Waals surface area (Å²) < 4.78 is 38.4. The Hall–Kier alpha value is -1.09. The molecule has 0 N–H and O–H groups in total. The fraction of sp³-hybridized carbons (Fsp3) is 0.286. The van der Waals surface area contributed by atoms with E-state index >= 15 is 0 Å². The van der Waals surface area contributed by atoms with Crippen LogP contribution in [0.25, 0.3) is 0 Å². The van der Waals surface area contributed by atoms with Gasteiger partial charge >= 0.3 is 0 Å². The van der Waals surface area contributed by atoms with E-state index in [1.807, 2.05) is 18.2 Å². The van der Waals surface area contributed by atoms with Crippen LogP contribution in [0.5, 0.6) is 11.5 Å². The van der Waals surface area contributed by atoms with Crippen molar-refractivity contribution in [2.24, 2.45) is 0 Å². The summed E-state index contributed by atoms with van der Waals surface area (Å²) in [6.45, 7) is 1.32. The molecule has 0 unspecified atom stereocenters. The lowest BCUT2D eigenvalue weighted by atomic mass is 10.2. The van der Waals surface area contributed by atoms with Crippen LogP contribution < -0.4 is 9.47 Å². The quantitative estimate of drug-likeness (QED) is 0.786. The number of benzene rings is 1. The number of thiophene rings is 1. The minimum atomic E-state index is -3.49. The van der Waals surface area contributed by atoms with Crippen molar-refractivity contribution in [2.45, 2.75) is 10.8 Å². The smallest absolute Gasteiger partial charge is 0.252 e. The molecule has 0 fully saturated rings. The molecule has 2 aromatic rings. The Bertz CT molecular complexity index is 788. The predicted molar refractivity (Wildman–Crippen MR) is 88.1 cm³/mol. The normalized spacial score (nSPS) is 14.3. The summed E-state index contributed by atoms with van der Waals surface area (Å²) in [6.07, 6.45) is 0. The third-order valence-corrected chi connectivity index (χ3v) is 7.12. The first-order valence-corrected chi connectivity index (χ1v) is 9.62. The van der Waals surface area contributed by atoms with E-state index in [0.29, 0.717) is 28.9 Å². The first-order valence-electron chi connectivity index (χ1n) is 6.57. The van der Waals surface area contributed by atoms with E-state index in [1.54, 1.807) is 19.2 Å². The molecule has 0 spiro atoms. The molecule has 3 rings (SSSR count). The standard InChI is InChI=1S/C14H14BrNO4S2/c1-16(22(17,18)14-5-4-13(15)21-14)9-10-2-3-11-12(8-10)20-7-6-19-11/h2-5,8H,6-7,9H2,1H3. The van der Waals surface area contributed by atoms with E-state index in [4.69, 9.17) is 9.47 Å². The van der Waals surface area contributed by atoms with Gasteiger partial charge in [-0.3, -0.25) is 0 Å². The van der Waals surface area contributed by atoms with E-state index < -0.39 is 10.0 Å². The molecule has 1 aromatic heterocycles. The second kappa shape index (κ2) is 6.19. The molecule has 0 amide bonds. The molecule has 1 aliphatic heterocycles. The minimum Gasteiger partial charge on any atom is -0.486 e. The third-order valence-electron chi connectivity index (χ3n) is 3.22. The highest BCUT2D eigenvalue weighted by Crippen LogP contribution is 2.32. The van der Waals surface area contributed by atoms with E-state index in [2.05, 4.69) is 15.9 Å². The maximum atomic E-state index is 12.5. The van der Waals surface area contributed by atoms with Crippen LogP contribution in [0.3, 0.4) is 0 Å². The molecule has 0 atom stereocenters. The van der Waals surface area contributed by atoms with Gasteiger partial charge in [-0.15, -0.1) is 11.3 Å². The first-order chi connectivity index (χ1) is 10.5. The van der Waals surface area contributed by atoms with Crippen LogP contribution in [-0.2, 0) is 16.6 Å². The summed E-state index contributed by atoms with van der Waals surface area (Å²) in [7, 11) is -1.92. The van der Waals surface area contributed by atoms with Gasteiger partial charge in [0.05, 0.1) is 3.79 Å². The third kappa shape index (κ3) is 3.15. The van der Waals surface area contributed by atoms with Gasteiger partial charge in [-0.1, -0.05) is 6.07 Å². The van der Waals surface area contributed by atoms with Crippen molar-refractivity contribution in [2.75, 3.05) is 20.3 Å². The highest BCUT2D eigenvalue weighted by atomic mass is 79.9. The lowest BCUT2D eigenvalue weighted by molar-refractivity contribution is 0.171. The molecule has 0 bridgehead atoms. The van der Waals surface area contributed by atoms with Crippen LogP contribution in [0.2, 0.25) is 0 Å². The van der Waals surface area contributed by atoms with Crippen molar-refractivity contribution in [3.8, 4) is 11.5 Å². The fourth-order valence-electron chi connectivity index (χ4n) is 2.12.